The first-order valence-corrected chi connectivity index (χ1v) is 9.26. The lowest BCUT2D eigenvalue weighted by Crippen LogP contribution is -2.44. The van der Waals surface area contributed by atoms with Gasteiger partial charge in [-0.2, -0.15) is 0 Å². The Kier molecular flexibility index (Phi) is 6.17. The van der Waals surface area contributed by atoms with E-state index >= 15 is 0 Å². The molecule has 0 saturated carbocycles. The summed E-state index contributed by atoms with van der Waals surface area (Å²) in [5.74, 6) is 1.32. The van der Waals surface area contributed by atoms with E-state index in [4.69, 9.17) is 23.7 Å². The van der Waals surface area contributed by atoms with Crippen LogP contribution in [0.4, 0.5) is 0 Å². The molecule has 1 heterocycles. The molecule has 0 radical (unpaired) electrons. The SMILES string of the molecule is COc1ccc(C[C@@H]2COC(=O)[C@@]2(O)Cc2ccc(OC)c(OC)c2)cc1OC. The third kappa shape index (κ3) is 4.10. The monoisotopic (exact) mass is 402 g/mol. The van der Waals surface area contributed by atoms with Crippen molar-refractivity contribution in [1.82, 2.24) is 0 Å². The van der Waals surface area contributed by atoms with Gasteiger partial charge in [0.25, 0.3) is 0 Å². The molecule has 0 spiro atoms. The first-order chi connectivity index (χ1) is 13.9. The van der Waals surface area contributed by atoms with Gasteiger partial charge in [-0.15, -0.1) is 0 Å². The summed E-state index contributed by atoms with van der Waals surface area (Å²) in [4.78, 5) is 12.4. The number of carbonyl (C=O) groups is 1. The van der Waals surface area contributed by atoms with Gasteiger partial charge in [0.1, 0.15) is 0 Å². The first-order valence-electron chi connectivity index (χ1n) is 9.26. The molecule has 2 atom stereocenters. The molecule has 1 saturated heterocycles. The summed E-state index contributed by atoms with van der Waals surface area (Å²) in [5.41, 5.74) is 0.0326. The fraction of sp³-hybridized carbons (Fsp3) is 0.409. The fourth-order valence-electron chi connectivity index (χ4n) is 3.64. The molecule has 0 unspecified atom stereocenters. The van der Waals surface area contributed by atoms with Gasteiger partial charge in [0.2, 0.25) is 0 Å². The van der Waals surface area contributed by atoms with Gasteiger partial charge in [-0.05, 0) is 41.8 Å². The van der Waals surface area contributed by atoms with Crippen molar-refractivity contribution in [2.24, 2.45) is 5.92 Å². The topological polar surface area (TPSA) is 83.5 Å². The van der Waals surface area contributed by atoms with Crippen molar-refractivity contribution in [1.29, 1.82) is 0 Å². The Morgan fingerprint density at radius 3 is 1.97 bits per heavy atom. The van der Waals surface area contributed by atoms with Crippen molar-refractivity contribution < 1.29 is 33.6 Å². The third-order valence-corrected chi connectivity index (χ3v) is 5.30. The number of benzene rings is 2. The summed E-state index contributed by atoms with van der Waals surface area (Å²) >= 11 is 0. The Morgan fingerprint density at radius 2 is 1.41 bits per heavy atom. The van der Waals surface area contributed by atoms with Crippen LogP contribution in [0.15, 0.2) is 36.4 Å². The highest BCUT2D eigenvalue weighted by atomic mass is 16.6. The van der Waals surface area contributed by atoms with Crippen LogP contribution in [-0.4, -0.2) is 51.7 Å². The Morgan fingerprint density at radius 1 is 0.897 bits per heavy atom. The van der Waals surface area contributed by atoms with Crippen LogP contribution in [-0.2, 0) is 22.4 Å². The van der Waals surface area contributed by atoms with Gasteiger partial charge >= 0.3 is 5.97 Å². The van der Waals surface area contributed by atoms with Crippen LogP contribution in [0.3, 0.4) is 0 Å². The van der Waals surface area contributed by atoms with Crippen molar-refractivity contribution in [3.63, 3.8) is 0 Å². The lowest BCUT2D eigenvalue weighted by molar-refractivity contribution is -0.154. The number of carbonyl (C=O) groups excluding carboxylic acids is 1. The highest BCUT2D eigenvalue weighted by molar-refractivity contribution is 5.82. The molecule has 1 fully saturated rings. The molecule has 1 aliphatic heterocycles. The normalized spacial score (nSPS) is 20.9. The van der Waals surface area contributed by atoms with E-state index in [-0.39, 0.29) is 13.0 Å². The van der Waals surface area contributed by atoms with Crippen LogP contribution in [0.1, 0.15) is 11.1 Å². The number of esters is 1. The van der Waals surface area contributed by atoms with Crippen LogP contribution in [0, 0.1) is 5.92 Å². The number of cyclic esters (lactones) is 1. The molecule has 2 aromatic rings. The number of rotatable bonds is 8. The van der Waals surface area contributed by atoms with Crippen LogP contribution in [0.2, 0.25) is 0 Å². The van der Waals surface area contributed by atoms with Crippen molar-refractivity contribution >= 4 is 5.97 Å². The minimum atomic E-state index is -1.63. The molecule has 3 rings (SSSR count). The summed E-state index contributed by atoms with van der Waals surface area (Å²) in [6.45, 7) is 0.150. The summed E-state index contributed by atoms with van der Waals surface area (Å²) in [7, 11) is 6.23. The Balaban J connectivity index is 1.84. The first kappa shape index (κ1) is 20.8. The standard InChI is InChI=1S/C22H26O7/c1-25-17-7-5-14(10-19(17)27-3)9-16-13-29-21(23)22(16,24)12-15-6-8-18(26-2)20(11-15)28-4/h5-8,10-11,16,24H,9,12-13H2,1-4H3/t16-,22-/m1/s1. The summed E-state index contributed by atoms with van der Waals surface area (Å²) in [6, 6.07) is 10.9. The van der Waals surface area contributed by atoms with Crippen LogP contribution < -0.4 is 18.9 Å². The zero-order chi connectivity index (χ0) is 21.0. The number of hydrogen-bond acceptors (Lipinski definition) is 7. The quantitative estimate of drug-likeness (QED) is 0.679. The van der Waals surface area contributed by atoms with Gasteiger partial charge in [0, 0.05) is 12.3 Å². The molecule has 0 bridgehead atoms. The van der Waals surface area contributed by atoms with E-state index < -0.39 is 17.5 Å². The van der Waals surface area contributed by atoms with Crippen LogP contribution in [0.5, 0.6) is 23.0 Å². The molecular formula is C22H26O7. The summed E-state index contributed by atoms with van der Waals surface area (Å²) in [6.07, 6.45) is 0.569. The molecule has 7 nitrogen and oxygen atoms in total. The van der Waals surface area contributed by atoms with Crippen molar-refractivity contribution in [2.75, 3.05) is 35.0 Å². The molecule has 2 aromatic carbocycles. The number of hydrogen-bond donors (Lipinski definition) is 1. The largest absolute Gasteiger partial charge is 0.493 e. The molecule has 0 aromatic heterocycles. The lowest BCUT2D eigenvalue weighted by atomic mass is 9.81. The Labute approximate surface area is 170 Å². The maximum atomic E-state index is 12.4. The minimum absolute atomic E-state index is 0.115. The molecule has 1 aliphatic rings. The average Bonchev–Trinajstić information content (AvgIpc) is 3.01. The van der Waals surface area contributed by atoms with Gasteiger partial charge in [0.15, 0.2) is 28.6 Å². The van der Waals surface area contributed by atoms with Crippen molar-refractivity contribution in [3.8, 4) is 23.0 Å². The van der Waals surface area contributed by atoms with E-state index in [0.29, 0.717) is 29.4 Å². The predicted molar refractivity (Wildman–Crippen MR) is 106 cm³/mol. The highest BCUT2D eigenvalue weighted by Crippen LogP contribution is 2.37. The molecule has 156 valence electrons. The van der Waals surface area contributed by atoms with Crippen molar-refractivity contribution in [2.45, 2.75) is 18.4 Å². The van der Waals surface area contributed by atoms with Gasteiger partial charge in [-0.1, -0.05) is 12.1 Å². The summed E-state index contributed by atoms with van der Waals surface area (Å²) in [5, 5.41) is 11.2. The molecule has 7 heteroatoms. The fourth-order valence-corrected chi connectivity index (χ4v) is 3.64. The molecular weight excluding hydrogens is 376 g/mol. The maximum Gasteiger partial charge on any atom is 0.338 e. The molecule has 1 N–H and O–H groups in total. The highest BCUT2D eigenvalue weighted by Gasteiger charge is 2.51. The molecule has 0 amide bonds. The van der Waals surface area contributed by atoms with Gasteiger partial charge in [-0.25, -0.2) is 4.79 Å². The summed E-state index contributed by atoms with van der Waals surface area (Å²) < 4.78 is 26.4. The van der Waals surface area contributed by atoms with E-state index in [1.54, 1.807) is 52.7 Å². The van der Waals surface area contributed by atoms with E-state index in [0.717, 1.165) is 11.1 Å². The van der Waals surface area contributed by atoms with E-state index in [1.165, 1.54) is 0 Å². The average molecular weight is 402 g/mol. The zero-order valence-corrected chi connectivity index (χ0v) is 17.1. The van der Waals surface area contributed by atoms with E-state index in [2.05, 4.69) is 0 Å². The number of ether oxygens (including phenoxy) is 5. The van der Waals surface area contributed by atoms with E-state index in [1.807, 2.05) is 12.1 Å². The van der Waals surface area contributed by atoms with Crippen LogP contribution in [0.25, 0.3) is 0 Å². The second-order valence-electron chi connectivity index (χ2n) is 6.98. The Hall–Kier alpha value is -2.93. The Bertz CT molecular complexity index is 879. The number of methoxy groups -OCH3 is 4. The van der Waals surface area contributed by atoms with Crippen LogP contribution >= 0.6 is 0 Å². The van der Waals surface area contributed by atoms with Gasteiger partial charge in [0.05, 0.1) is 35.0 Å². The molecule has 0 aliphatic carbocycles. The zero-order valence-electron chi connectivity index (χ0n) is 17.1. The smallest absolute Gasteiger partial charge is 0.338 e. The van der Waals surface area contributed by atoms with Gasteiger partial charge < -0.3 is 28.8 Å². The second-order valence-corrected chi connectivity index (χ2v) is 6.98. The second kappa shape index (κ2) is 8.61. The minimum Gasteiger partial charge on any atom is -0.493 e. The van der Waals surface area contributed by atoms with Crippen molar-refractivity contribution in [3.05, 3.63) is 47.5 Å². The number of aliphatic hydroxyl groups is 1. The lowest BCUT2D eigenvalue weighted by Gasteiger charge is -2.26. The maximum absolute atomic E-state index is 12.4. The van der Waals surface area contributed by atoms with E-state index in [9.17, 15) is 9.90 Å². The third-order valence-electron chi connectivity index (χ3n) is 5.30. The predicted octanol–water partition coefficient (Wildman–Crippen LogP) is 2.41. The van der Waals surface area contributed by atoms with Gasteiger partial charge in [-0.3, -0.25) is 0 Å². The molecule has 29 heavy (non-hydrogen) atoms.